The van der Waals surface area contributed by atoms with Gasteiger partial charge >= 0.3 is 5.97 Å². The van der Waals surface area contributed by atoms with Crippen LogP contribution in [0.4, 0.5) is 0 Å². The Balaban J connectivity index is 2.19. The molecule has 122 valence electrons. The maximum atomic E-state index is 11.6. The van der Waals surface area contributed by atoms with Gasteiger partial charge in [0, 0.05) is 32.4 Å². The Morgan fingerprint density at radius 1 is 1.32 bits per heavy atom. The topological polar surface area (TPSA) is 115 Å². The molecule has 1 aliphatic rings. The summed E-state index contributed by atoms with van der Waals surface area (Å²) in [4.78, 5) is 24.3. The van der Waals surface area contributed by atoms with Crippen LogP contribution in [-0.2, 0) is 14.3 Å². The minimum absolute atomic E-state index is 0.00418. The van der Waals surface area contributed by atoms with E-state index in [1.807, 2.05) is 0 Å². The van der Waals surface area contributed by atoms with Crippen molar-refractivity contribution >= 4 is 11.9 Å². The molecule has 0 atom stereocenters. The number of carboxylic acids is 1. The van der Waals surface area contributed by atoms with Crippen LogP contribution in [0, 0.1) is 11.3 Å². The van der Waals surface area contributed by atoms with Crippen molar-refractivity contribution in [2.24, 2.45) is 0 Å². The molecule has 0 saturated carbocycles. The molecule has 0 unspecified atom stereocenters. The highest BCUT2D eigenvalue weighted by atomic mass is 16.5. The van der Waals surface area contributed by atoms with Gasteiger partial charge in [0.1, 0.15) is 11.6 Å². The smallest absolute Gasteiger partial charge is 0.305 e. The molecule has 0 aromatic rings. The molecule has 0 aliphatic carbocycles. The molecule has 1 amide bonds. The molecule has 1 heterocycles. The van der Waals surface area contributed by atoms with Crippen molar-refractivity contribution in [3.05, 3.63) is 11.8 Å². The fraction of sp³-hybridized carbons (Fsp3) is 0.643. The third-order valence-electron chi connectivity index (χ3n) is 3.14. The van der Waals surface area contributed by atoms with E-state index in [2.05, 4.69) is 15.5 Å². The van der Waals surface area contributed by atoms with Gasteiger partial charge in [-0.1, -0.05) is 0 Å². The van der Waals surface area contributed by atoms with Crippen molar-refractivity contribution in [1.82, 2.24) is 15.5 Å². The lowest BCUT2D eigenvalue weighted by molar-refractivity contribution is -0.136. The van der Waals surface area contributed by atoms with Gasteiger partial charge < -0.3 is 20.5 Å². The maximum absolute atomic E-state index is 11.6. The summed E-state index contributed by atoms with van der Waals surface area (Å²) in [5.41, 5.74) is -0.0586. The van der Waals surface area contributed by atoms with Crippen molar-refractivity contribution in [2.45, 2.75) is 12.8 Å². The standard InChI is InChI=1S/C14H22N4O4/c15-10-12(14(21)17-4-2-13(19)20)11-16-3-1-5-18-6-8-22-9-7-18/h11,16H,1-9H2,(H,17,21)(H,19,20)/b12-11-. The summed E-state index contributed by atoms with van der Waals surface area (Å²) in [5.74, 6) is -1.56. The molecule has 1 saturated heterocycles. The van der Waals surface area contributed by atoms with E-state index >= 15 is 0 Å². The molecule has 8 nitrogen and oxygen atoms in total. The fourth-order valence-corrected chi connectivity index (χ4v) is 1.93. The number of morpholine rings is 1. The number of nitriles is 1. The molecule has 0 aromatic carbocycles. The third kappa shape index (κ3) is 7.61. The molecule has 1 fully saturated rings. The monoisotopic (exact) mass is 310 g/mol. The zero-order valence-electron chi connectivity index (χ0n) is 12.5. The van der Waals surface area contributed by atoms with Crippen LogP contribution in [0.5, 0.6) is 0 Å². The molecule has 0 aromatic heterocycles. The highest BCUT2D eigenvalue weighted by molar-refractivity contribution is 5.97. The van der Waals surface area contributed by atoms with Crippen LogP contribution < -0.4 is 10.6 Å². The van der Waals surface area contributed by atoms with Crippen molar-refractivity contribution in [3.8, 4) is 6.07 Å². The second kappa shape index (κ2) is 10.6. The normalized spacial score (nSPS) is 15.9. The zero-order chi connectivity index (χ0) is 16.2. The van der Waals surface area contributed by atoms with Crippen LogP contribution >= 0.6 is 0 Å². The fourth-order valence-electron chi connectivity index (χ4n) is 1.93. The van der Waals surface area contributed by atoms with E-state index in [4.69, 9.17) is 15.1 Å². The van der Waals surface area contributed by atoms with Gasteiger partial charge in [0.2, 0.25) is 0 Å². The van der Waals surface area contributed by atoms with Gasteiger partial charge in [0.05, 0.1) is 19.6 Å². The van der Waals surface area contributed by atoms with Gasteiger partial charge in [-0.05, 0) is 13.0 Å². The predicted octanol–water partition coefficient (Wildman–Crippen LogP) is -0.703. The largest absolute Gasteiger partial charge is 0.481 e. The number of carbonyl (C=O) groups is 2. The number of nitrogens with zero attached hydrogens (tertiary/aromatic N) is 2. The Morgan fingerprint density at radius 2 is 2.05 bits per heavy atom. The maximum Gasteiger partial charge on any atom is 0.305 e. The molecule has 22 heavy (non-hydrogen) atoms. The minimum Gasteiger partial charge on any atom is -0.481 e. The van der Waals surface area contributed by atoms with Crippen molar-refractivity contribution in [2.75, 3.05) is 45.9 Å². The Labute approximate surface area is 129 Å². The van der Waals surface area contributed by atoms with Crippen LogP contribution in [-0.4, -0.2) is 67.8 Å². The molecular weight excluding hydrogens is 288 g/mol. The van der Waals surface area contributed by atoms with Gasteiger partial charge in [-0.15, -0.1) is 0 Å². The van der Waals surface area contributed by atoms with Crippen LogP contribution in [0.1, 0.15) is 12.8 Å². The number of hydrogen-bond donors (Lipinski definition) is 3. The van der Waals surface area contributed by atoms with E-state index in [0.717, 1.165) is 39.3 Å². The van der Waals surface area contributed by atoms with Crippen LogP contribution in [0.15, 0.2) is 11.8 Å². The van der Waals surface area contributed by atoms with Gasteiger partial charge in [0.25, 0.3) is 5.91 Å². The molecular formula is C14H22N4O4. The van der Waals surface area contributed by atoms with Crippen LogP contribution in [0.25, 0.3) is 0 Å². The summed E-state index contributed by atoms with van der Waals surface area (Å²) in [7, 11) is 0. The number of aliphatic carboxylic acids is 1. The summed E-state index contributed by atoms with van der Waals surface area (Å²) >= 11 is 0. The molecule has 1 aliphatic heterocycles. The third-order valence-corrected chi connectivity index (χ3v) is 3.14. The molecule has 0 spiro atoms. The number of nitrogens with one attached hydrogen (secondary N) is 2. The van der Waals surface area contributed by atoms with Gasteiger partial charge in [-0.2, -0.15) is 5.26 Å². The van der Waals surface area contributed by atoms with E-state index in [9.17, 15) is 9.59 Å². The highest BCUT2D eigenvalue weighted by Crippen LogP contribution is 1.97. The lowest BCUT2D eigenvalue weighted by atomic mass is 10.3. The van der Waals surface area contributed by atoms with Crippen molar-refractivity contribution in [3.63, 3.8) is 0 Å². The SMILES string of the molecule is N#C/C(=C/NCCCN1CCOCC1)C(=O)NCCC(=O)O. The molecule has 1 rings (SSSR count). The Kier molecular flexibility index (Phi) is 8.64. The Morgan fingerprint density at radius 3 is 2.68 bits per heavy atom. The Hall–Kier alpha value is -2.11. The van der Waals surface area contributed by atoms with E-state index in [1.165, 1.54) is 6.20 Å². The van der Waals surface area contributed by atoms with E-state index < -0.39 is 11.9 Å². The molecule has 0 bridgehead atoms. The van der Waals surface area contributed by atoms with E-state index in [-0.39, 0.29) is 18.5 Å². The van der Waals surface area contributed by atoms with E-state index in [1.54, 1.807) is 6.07 Å². The molecule has 8 heteroatoms. The van der Waals surface area contributed by atoms with Crippen molar-refractivity contribution < 1.29 is 19.4 Å². The average Bonchev–Trinajstić information content (AvgIpc) is 2.51. The lowest BCUT2D eigenvalue weighted by Crippen LogP contribution is -2.37. The second-order valence-corrected chi connectivity index (χ2v) is 4.83. The predicted molar refractivity (Wildman–Crippen MR) is 78.8 cm³/mol. The average molecular weight is 310 g/mol. The van der Waals surface area contributed by atoms with Crippen molar-refractivity contribution in [1.29, 1.82) is 5.26 Å². The minimum atomic E-state index is -0.996. The first-order valence-corrected chi connectivity index (χ1v) is 7.27. The Bertz CT molecular complexity index is 439. The highest BCUT2D eigenvalue weighted by Gasteiger charge is 2.10. The summed E-state index contributed by atoms with van der Waals surface area (Å²) in [6.45, 7) is 5.01. The first-order valence-electron chi connectivity index (χ1n) is 7.27. The number of carboxylic acid groups (broad SMARTS) is 1. The first kappa shape index (κ1) is 17.9. The zero-order valence-corrected chi connectivity index (χ0v) is 12.5. The van der Waals surface area contributed by atoms with Crippen LogP contribution in [0.2, 0.25) is 0 Å². The summed E-state index contributed by atoms with van der Waals surface area (Å²) in [6.07, 6.45) is 2.10. The molecule has 3 N–H and O–H groups in total. The number of hydrogen-bond acceptors (Lipinski definition) is 6. The first-order chi connectivity index (χ1) is 10.6. The summed E-state index contributed by atoms with van der Waals surface area (Å²) < 4.78 is 5.26. The summed E-state index contributed by atoms with van der Waals surface area (Å²) in [5, 5.41) is 22.7. The second-order valence-electron chi connectivity index (χ2n) is 4.83. The van der Waals surface area contributed by atoms with Gasteiger partial charge in [-0.25, -0.2) is 0 Å². The number of amides is 1. The van der Waals surface area contributed by atoms with Crippen LogP contribution in [0.3, 0.4) is 0 Å². The van der Waals surface area contributed by atoms with Gasteiger partial charge in [0.15, 0.2) is 0 Å². The number of rotatable bonds is 9. The molecule has 0 radical (unpaired) electrons. The summed E-state index contributed by atoms with van der Waals surface area (Å²) in [6, 6.07) is 1.79. The van der Waals surface area contributed by atoms with Gasteiger partial charge in [-0.3, -0.25) is 14.5 Å². The number of ether oxygens (including phenoxy) is 1. The quantitative estimate of drug-likeness (QED) is 0.293. The lowest BCUT2D eigenvalue weighted by Gasteiger charge is -2.26. The van der Waals surface area contributed by atoms with E-state index in [0.29, 0.717) is 6.54 Å². The number of carbonyl (C=O) groups excluding carboxylic acids is 1.